The molecule has 2 aliphatic rings. The van der Waals surface area contributed by atoms with Crippen LogP contribution >= 0.6 is 0 Å². The topological polar surface area (TPSA) is 39.2 Å². The van der Waals surface area contributed by atoms with Gasteiger partial charge in [-0.3, -0.25) is 9.78 Å². The van der Waals surface area contributed by atoms with Crippen molar-refractivity contribution in [1.82, 2.24) is 4.98 Å². The molecule has 0 radical (unpaired) electrons. The van der Waals surface area contributed by atoms with Gasteiger partial charge < -0.3 is 4.74 Å². The molecule has 0 amide bonds. The molecule has 0 aliphatic heterocycles. The number of aromatic nitrogens is 1. The number of pyridine rings is 1. The number of ether oxygens (including phenoxy) is 1. The Bertz CT molecular complexity index is 724. The zero-order valence-electron chi connectivity index (χ0n) is 13.0. The Morgan fingerprint density at radius 3 is 2.77 bits per heavy atom. The molecule has 22 heavy (non-hydrogen) atoms. The van der Waals surface area contributed by atoms with Crippen LogP contribution in [-0.4, -0.2) is 11.5 Å². The van der Waals surface area contributed by atoms with E-state index in [4.69, 9.17) is 4.74 Å². The summed E-state index contributed by atoms with van der Waals surface area (Å²) in [5.74, 6) is 4.62. The van der Waals surface area contributed by atoms with Crippen LogP contribution in [0.15, 0.2) is 30.5 Å². The number of rotatable bonds is 3. The van der Waals surface area contributed by atoms with Gasteiger partial charge in [0.15, 0.2) is 0 Å². The minimum absolute atomic E-state index is 0.452. The first-order valence-corrected chi connectivity index (χ1v) is 8.17. The maximum Gasteiger partial charge on any atom is 0.298 e. The van der Waals surface area contributed by atoms with Crippen molar-refractivity contribution in [1.29, 1.82) is 0 Å². The summed E-state index contributed by atoms with van der Waals surface area (Å²) in [7, 11) is 0. The van der Waals surface area contributed by atoms with Crippen molar-refractivity contribution in [2.24, 2.45) is 23.7 Å². The summed E-state index contributed by atoms with van der Waals surface area (Å²) >= 11 is 0. The summed E-state index contributed by atoms with van der Waals surface area (Å²) < 4.78 is 4.89. The van der Waals surface area contributed by atoms with Gasteiger partial charge in [-0.25, -0.2) is 0 Å². The number of nitrogens with zero attached hydrogens (tertiary/aromatic N) is 1. The van der Waals surface area contributed by atoms with Gasteiger partial charge >= 0.3 is 0 Å². The van der Waals surface area contributed by atoms with E-state index in [9.17, 15) is 4.79 Å². The molecule has 3 heteroatoms. The van der Waals surface area contributed by atoms with Crippen LogP contribution in [0, 0.1) is 23.7 Å². The number of benzene rings is 1. The maximum absolute atomic E-state index is 10.4. The molecule has 0 saturated heterocycles. The first-order chi connectivity index (χ1) is 10.7. The fourth-order valence-corrected chi connectivity index (χ4v) is 4.77. The van der Waals surface area contributed by atoms with Crippen molar-refractivity contribution in [2.75, 3.05) is 0 Å². The second-order valence-corrected chi connectivity index (χ2v) is 7.06. The molecule has 5 atom stereocenters. The highest BCUT2D eigenvalue weighted by atomic mass is 16.5. The standard InChI is InChI=1S/C19H21NO2/c1-11-12(2)17-6-14(11)7-18(17)15-5-13-3-4-16(22-10-21)8-19(13)20-9-15/h3-5,8-12,14,17-18H,6-7H2,1-2H3. The van der Waals surface area contributed by atoms with Crippen LogP contribution in [0.4, 0.5) is 0 Å². The molecule has 2 saturated carbocycles. The molecule has 2 aromatic rings. The second-order valence-electron chi connectivity index (χ2n) is 7.06. The van der Waals surface area contributed by atoms with Crippen molar-refractivity contribution in [3.63, 3.8) is 0 Å². The number of hydrogen-bond donors (Lipinski definition) is 0. The SMILES string of the molecule is CC1C2CC(c3cnc4cc(OC=O)ccc4c3)C(C2)C1C. The number of fused-ring (bicyclic) bond motifs is 3. The first kappa shape index (κ1) is 13.7. The van der Waals surface area contributed by atoms with Gasteiger partial charge in [-0.1, -0.05) is 13.8 Å². The predicted molar refractivity (Wildman–Crippen MR) is 85.7 cm³/mol. The molecule has 4 rings (SSSR count). The van der Waals surface area contributed by atoms with E-state index >= 15 is 0 Å². The average Bonchev–Trinajstić information content (AvgIpc) is 3.08. The van der Waals surface area contributed by atoms with E-state index in [1.54, 1.807) is 0 Å². The third kappa shape index (κ3) is 2.03. The zero-order valence-corrected chi connectivity index (χ0v) is 13.0. The normalized spacial score (nSPS) is 33.3. The van der Waals surface area contributed by atoms with Crippen LogP contribution in [0.1, 0.15) is 38.2 Å². The molecule has 0 N–H and O–H groups in total. The Labute approximate surface area is 130 Å². The fraction of sp³-hybridized carbons (Fsp3) is 0.474. The number of carbonyl (C=O) groups is 1. The van der Waals surface area contributed by atoms with E-state index in [-0.39, 0.29) is 0 Å². The monoisotopic (exact) mass is 295 g/mol. The van der Waals surface area contributed by atoms with Gasteiger partial charge in [0, 0.05) is 17.6 Å². The maximum atomic E-state index is 10.4. The fourth-order valence-electron chi connectivity index (χ4n) is 4.77. The lowest BCUT2D eigenvalue weighted by Gasteiger charge is -2.32. The van der Waals surface area contributed by atoms with Crippen molar-refractivity contribution >= 4 is 17.4 Å². The summed E-state index contributed by atoms with van der Waals surface area (Å²) in [6.45, 7) is 5.28. The van der Waals surface area contributed by atoms with Crippen molar-refractivity contribution < 1.29 is 9.53 Å². The van der Waals surface area contributed by atoms with Crippen LogP contribution in [0.25, 0.3) is 10.9 Å². The van der Waals surface area contributed by atoms with Gasteiger partial charge in [0.2, 0.25) is 0 Å². The van der Waals surface area contributed by atoms with E-state index in [1.165, 1.54) is 18.4 Å². The van der Waals surface area contributed by atoms with Crippen molar-refractivity contribution in [3.05, 3.63) is 36.0 Å². The Morgan fingerprint density at radius 2 is 2.05 bits per heavy atom. The number of carbonyl (C=O) groups excluding carboxylic acids is 1. The molecule has 1 aromatic heterocycles. The van der Waals surface area contributed by atoms with E-state index < -0.39 is 0 Å². The summed E-state index contributed by atoms with van der Waals surface area (Å²) in [6.07, 6.45) is 4.72. The third-order valence-electron chi connectivity index (χ3n) is 6.19. The Kier molecular flexibility index (Phi) is 3.17. The van der Waals surface area contributed by atoms with Crippen LogP contribution in [0.2, 0.25) is 0 Å². The molecule has 1 aromatic carbocycles. The van der Waals surface area contributed by atoms with E-state index in [0.29, 0.717) is 18.1 Å². The summed E-state index contributed by atoms with van der Waals surface area (Å²) in [5.41, 5.74) is 2.26. The molecule has 1 heterocycles. The largest absolute Gasteiger partial charge is 0.429 e. The third-order valence-corrected chi connectivity index (χ3v) is 6.19. The van der Waals surface area contributed by atoms with E-state index in [1.807, 2.05) is 24.4 Å². The predicted octanol–water partition coefficient (Wildman–Crippen LogP) is 4.17. The van der Waals surface area contributed by atoms with E-state index in [0.717, 1.165) is 34.6 Å². The second kappa shape index (κ2) is 5.08. The lowest BCUT2D eigenvalue weighted by atomic mass is 9.73. The van der Waals surface area contributed by atoms with Gasteiger partial charge in [-0.05, 0) is 66.2 Å². The average molecular weight is 295 g/mol. The molecular weight excluding hydrogens is 274 g/mol. The van der Waals surface area contributed by atoms with Crippen molar-refractivity contribution in [2.45, 2.75) is 32.6 Å². The first-order valence-electron chi connectivity index (χ1n) is 8.17. The lowest BCUT2D eigenvalue weighted by Crippen LogP contribution is -2.23. The highest BCUT2D eigenvalue weighted by molar-refractivity contribution is 5.81. The Hall–Kier alpha value is -1.90. The van der Waals surface area contributed by atoms with Crippen LogP contribution in [-0.2, 0) is 4.79 Å². The van der Waals surface area contributed by atoms with Crippen LogP contribution in [0.5, 0.6) is 5.75 Å². The summed E-state index contributed by atoms with van der Waals surface area (Å²) in [6, 6.07) is 7.91. The van der Waals surface area contributed by atoms with Gasteiger partial charge in [0.05, 0.1) is 5.52 Å². The minimum Gasteiger partial charge on any atom is -0.429 e. The van der Waals surface area contributed by atoms with E-state index in [2.05, 4.69) is 24.9 Å². The van der Waals surface area contributed by atoms with Gasteiger partial charge in [0.1, 0.15) is 5.75 Å². The highest BCUT2D eigenvalue weighted by Crippen LogP contribution is 2.58. The van der Waals surface area contributed by atoms with Gasteiger partial charge in [-0.15, -0.1) is 0 Å². The van der Waals surface area contributed by atoms with Crippen LogP contribution in [0.3, 0.4) is 0 Å². The van der Waals surface area contributed by atoms with Crippen molar-refractivity contribution in [3.8, 4) is 5.75 Å². The molecule has 3 nitrogen and oxygen atoms in total. The van der Waals surface area contributed by atoms with Gasteiger partial charge in [-0.2, -0.15) is 0 Å². The summed E-state index contributed by atoms with van der Waals surface area (Å²) in [5, 5.41) is 1.12. The number of hydrogen-bond acceptors (Lipinski definition) is 3. The molecule has 5 unspecified atom stereocenters. The zero-order chi connectivity index (χ0) is 15.3. The Morgan fingerprint density at radius 1 is 1.18 bits per heavy atom. The molecule has 2 aliphatic carbocycles. The minimum atomic E-state index is 0.452. The molecular formula is C19H21NO2. The smallest absolute Gasteiger partial charge is 0.298 e. The molecule has 2 fully saturated rings. The van der Waals surface area contributed by atoms with Gasteiger partial charge in [0.25, 0.3) is 6.47 Å². The Balaban J connectivity index is 1.66. The molecule has 0 spiro atoms. The van der Waals surface area contributed by atoms with Crippen LogP contribution < -0.4 is 4.74 Å². The highest BCUT2D eigenvalue weighted by Gasteiger charge is 2.48. The summed E-state index contributed by atoms with van der Waals surface area (Å²) in [4.78, 5) is 15.0. The quantitative estimate of drug-likeness (QED) is 0.798. The molecule has 114 valence electrons. The lowest BCUT2D eigenvalue weighted by molar-refractivity contribution is -0.120. The molecule has 2 bridgehead atoms.